The molecule has 3 rings (SSSR count). The van der Waals surface area contributed by atoms with E-state index in [1.54, 1.807) is 28.7 Å². The number of hydrogen-bond acceptors (Lipinski definition) is 7. The summed E-state index contributed by atoms with van der Waals surface area (Å²) in [7, 11) is 0. The third-order valence-electron chi connectivity index (χ3n) is 3.85. The normalized spacial score (nSPS) is 11.1. The van der Waals surface area contributed by atoms with Crippen molar-refractivity contribution < 1.29 is 4.79 Å². The molecular formula is C18H23N7O2S. The fraction of sp³-hybridized carbons (Fsp3) is 0.389. The summed E-state index contributed by atoms with van der Waals surface area (Å²) in [6.07, 6.45) is 3.22. The van der Waals surface area contributed by atoms with Crippen LogP contribution in [0.2, 0.25) is 0 Å². The largest absolute Gasteiger partial charge is 0.367 e. The van der Waals surface area contributed by atoms with Crippen LogP contribution >= 0.6 is 11.8 Å². The summed E-state index contributed by atoms with van der Waals surface area (Å²) in [5.41, 5.74) is 0.379. The lowest BCUT2D eigenvalue weighted by Gasteiger charge is -2.11. The van der Waals surface area contributed by atoms with Gasteiger partial charge in [0.2, 0.25) is 0 Å². The van der Waals surface area contributed by atoms with Crippen LogP contribution in [0.1, 0.15) is 31.1 Å². The first-order valence-corrected chi connectivity index (χ1v) is 10.1. The molecule has 0 radical (unpaired) electrons. The fourth-order valence-corrected chi connectivity index (χ4v) is 3.21. The topological polar surface area (TPSA) is 118 Å². The molecule has 0 saturated heterocycles. The number of anilines is 1. The van der Waals surface area contributed by atoms with E-state index in [1.807, 2.05) is 20.8 Å². The standard InChI is InChI=1S/C18H23N7O2S/c1-4-28-18-23-14(22-11(2)3)13-10-21-25(15(13)24-18)9-8-20-17(27)12-6-5-7-19-16(12)26/h5-7,10-11H,4,8-9H2,1-3H3,(H,19,26)(H,20,27)(H,22,23,24). The average Bonchev–Trinajstić information content (AvgIpc) is 3.05. The molecule has 148 valence electrons. The van der Waals surface area contributed by atoms with Crippen LogP contribution in [0.5, 0.6) is 0 Å². The lowest BCUT2D eigenvalue weighted by molar-refractivity contribution is 0.0950. The number of hydrogen-bond donors (Lipinski definition) is 3. The van der Waals surface area contributed by atoms with Crippen LogP contribution in [0.4, 0.5) is 5.82 Å². The maximum atomic E-state index is 12.2. The van der Waals surface area contributed by atoms with Gasteiger partial charge < -0.3 is 15.6 Å². The number of aromatic amines is 1. The fourth-order valence-electron chi connectivity index (χ4n) is 2.65. The highest BCUT2D eigenvalue weighted by atomic mass is 32.2. The number of nitrogens with zero attached hydrogens (tertiary/aromatic N) is 4. The molecule has 1 amide bonds. The number of pyridine rings is 1. The van der Waals surface area contributed by atoms with Gasteiger partial charge in [-0.05, 0) is 31.7 Å². The molecule has 3 N–H and O–H groups in total. The van der Waals surface area contributed by atoms with Gasteiger partial charge in [0.15, 0.2) is 10.8 Å². The van der Waals surface area contributed by atoms with Crippen LogP contribution < -0.4 is 16.2 Å². The Kier molecular flexibility index (Phi) is 6.30. The molecule has 28 heavy (non-hydrogen) atoms. The minimum atomic E-state index is -0.419. The summed E-state index contributed by atoms with van der Waals surface area (Å²) in [5, 5.41) is 12.0. The molecule has 0 aliphatic heterocycles. The second-order valence-electron chi connectivity index (χ2n) is 6.36. The molecule has 3 heterocycles. The number of carbonyl (C=O) groups excluding carboxylic acids is 1. The van der Waals surface area contributed by atoms with Crippen LogP contribution in [-0.4, -0.2) is 49.0 Å². The van der Waals surface area contributed by atoms with Crippen molar-refractivity contribution in [1.82, 2.24) is 30.0 Å². The summed E-state index contributed by atoms with van der Waals surface area (Å²) in [5.74, 6) is 1.20. The Balaban J connectivity index is 1.77. The Labute approximate surface area is 166 Å². The average molecular weight is 401 g/mol. The highest BCUT2D eigenvalue weighted by molar-refractivity contribution is 7.99. The summed E-state index contributed by atoms with van der Waals surface area (Å²) in [4.78, 5) is 35.5. The number of fused-ring (bicyclic) bond motifs is 1. The van der Waals surface area contributed by atoms with Crippen molar-refractivity contribution >= 4 is 34.5 Å². The number of nitrogens with one attached hydrogen (secondary N) is 3. The van der Waals surface area contributed by atoms with E-state index < -0.39 is 11.5 Å². The summed E-state index contributed by atoms with van der Waals surface area (Å²) in [6, 6.07) is 3.33. The SMILES string of the molecule is CCSc1nc(NC(C)C)c2cnn(CCNC(=O)c3ccc[nH]c3=O)c2n1. The van der Waals surface area contributed by atoms with E-state index in [0.29, 0.717) is 23.9 Å². The zero-order chi connectivity index (χ0) is 20.1. The Bertz CT molecular complexity index is 1030. The number of amides is 1. The maximum Gasteiger partial charge on any atom is 0.260 e. The Morgan fingerprint density at radius 1 is 1.36 bits per heavy atom. The van der Waals surface area contributed by atoms with Crippen molar-refractivity contribution in [2.24, 2.45) is 0 Å². The minimum absolute atomic E-state index is 0.0835. The van der Waals surface area contributed by atoms with E-state index in [9.17, 15) is 9.59 Å². The Morgan fingerprint density at radius 2 is 2.18 bits per heavy atom. The van der Waals surface area contributed by atoms with Crippen LogP contribution in [0, 0.1) is 0 Å². The van der Waals surface area contributed by atoms with Gasteiger partial charge in [-0.2, -0.15) is 5.10 Å². The lowest BCUT2D eigenvalue weighted by atomic mass is 10.2. The lowest BCUT2D eigenvalue weighted by Crippen LogP contribution is -2.31. The van der Waals surface area contributed by atoms with Crippen molar-refractivity contribution in [3.05, 3.63) is 40.4 Å². The van der Waals surface area contributed by atoms with Crippen molar-refractivity contribution in [1.29, 1.82) is 0 Å². The number of thioether (sulfide) groups is 1. The number of aromatic nitrogens is 5. The van der Waals surface area contributed by atoms with E-state index in [0.717, 1.165) is 17.0 Å². The third kappa shape index (κ3) is 4.50. The maximum absolute atomic E-state index is 12.2. The Hall–Kier alpha value is -2.88. The van der Waals surface area contributed by atoms with Crippen LogP contribution in [0.15, 0.2) is 34.5 Å². The zero-order valence-electron chi connectivity index (χ0n) is 16.0. The van der Waals surface area contributed by atoms with Gasteiger partial charge in [0, 0.05) is 18.8 Å². The van der Waals surface area contributed by atoms with Crippen molar-refractivity contribution in [3.63, 3.8) is 0 Å². The van der Waals surface area contributed by atoms with Gasteiger partial charge in [0.05, 0.1) is 18.1 Å². The molecule has 0 aliphatic rings. The zero-order valence-corrected chi connectivity index (χ0v) is 16.8. The molecule has 0 bridgehead atoms. The number of rotatable bonds is 8. The first-order valence-electron chi connectivity index (χ1n) is 9.08. The molecule has 3 aromatic heterocycles. The van der Waals surface area contributed by atoms with Crippen LogP contribution in [0.3, 0.4) is 0 Å². The van der Waals surface area contributed by atoms with E-state index in [1.165, 1.54) is 12.3 Å². The third-order valence-corrected chi connectivity index (χ3v) is 4.58. The molecule has 9 nitrogen and oxygen atoms in total. The van der Waals surface area contributed by atoms with Gasteiger partial charge in [-0.25, -0.2) is 14.6 Å². The second kappa shape index (κ2) is 8.87. The molecule has 10 heteroatoms. The molecule has 0 aromatic carbocycles. The van der Waals surface area contributed by atoms with Gasteiger partial charge in [0.1, 0.15) is 11.4 Å². The number of H-pyrrole nitrogens is 1. The highest BCUT2D eigenvalue weighted by Gasteiger charge is 2.14. The molecule has 0 unspecified atom stereocenters. The molecule has 0 spiro atoms. The van der Waals surface area contributed by atoms with Crippen LogP contribution in [0.25, 0.3) is 11.0 Å². The molecular weight excluding hydrogens is 378 g/mol. The van der Waals surface area contributed by atoms with Crippen LogP contribution in [-0.2, 0) is 6.54 Å². The summed E-state index contributed by atoms with van der Waals surface area (Å²) in [6.45, 7) is 6.88. The first kappa shape index (κ1) is 19.9. The second-order valence-corrected chi connectivity index (χ2v) is 7.59. The van der Waals surface area contributed by atoms with E-state index >= 15 is 0 Å². The predicted octanol–water partition coefficient (Wildman–Crippen LogP) is 1.88. The van der Waals surface area contributed by atoms with E-state index in [4.69, 9.17) is 0 Å². The van der Waals surface area contributed by atoms with Gasteiger partial charge in [-0.1, -0.05) is 18.7 Å². The molecule has 0 fully saturated rings. The van der Waals surface area contributed by atoms with Gasteiger partial charge in [-0.15, -0.1) is 0 Å². The summed E-state index contributed by atoms with van der Waals surface area (Å²) >= 11 is 1.56. The summed E-state index contributed by atoms with van der Waals surface area (Å²) < 4.78 is 1.73. The van der Waals surface area contributed by atoms with Gasteiger partial charge >= 0.3 is 0 Å². The van der Waals surface area contributed by atoms with E-state index in [-0.39, 0.29) is 11.6 Å². The van der Waals surface area contributed by atoms with E-state index in [2.05, 4.69) is 30.7 Å². The molecule has 0 aliphatic carbocycles. The quantitative estimate of drug-likeness (QED) is 0.390. The van der Waals surface area contributed by atoms with Gasteiger partial charge in [0.25, 0.3) is 11.5 Å². The van der Waals surface area contributed by atoms with Crippen molar-refractivity contribution in [2.45, 2.75) is 38.5 Å². The molecule has 0 saturated carbocycles. The highest BCUT2D eigenvalue weighted by Crippen LogP contribution is 2.24. The smallest absolute Gasteiger partial charge is 0.260 e. The molecule has 0 atom stereocenters. The first-order chi connectivity index (χ1) is 13.5. The molecule has 3 aromatic rings. The predicted molar refractivity (Wildman–Crippen MR) is 110 cm³/mol. The minimum Gasteiger partial charge on any atom is -0.367 e. The van der Waals surface area contributed by atoms with Crippen molar-refractivity contribution in [2.75, 3.05) is 17.6 Å². The van der Waals surface area contributed by atoms with Gasteiger partial charge in [-0.3, -0.25) is 9.59 Å². The monoisotopic (exact) mass is 401 g/mol. The van der Waals surface area contributed by atoms with Crippen molar-refractivity contribution in [3.8, 4) is 0 Å². The Morgan fingerprint density at radius 3 is 2.89 bits per heavy atom. The number of carbonyl (C=O) groups is 1.